The number of aromatic nitrogens is 1. The highest BCUT2D eigenvalue weighted by Gasteiger charge is 2.18. The van der Waals surface area contributed by atoms with Crippen LogP contribution >= 0.6 is 0 Å². The number of aryl methyl sites for hydroxylation is 2. The van der Waals surface area contributed by atoms with Crippen LogP contribution in [-0.2, 0) is 0 Å². The van der Waals surface area contributed by atoms with Crippen molar-refractivity contribution in [2.75, 3.05) is 12.1 Å². The van der Waals surface area contributed by atoms with E-state index in [4.69, 9.17) is 9.47 Å². The molecule has 3 aromatic rings. The minimum Gasteiger partial charge on any atom is -0.478 e. The van der Waals surface area contributed by atoms with Crippen LogP contribution < -0.4 is 14.8 Å². The maximum atomic E-state index is 11.7. The molecule has 2 aromatic carbocycles. The third-order valence-electron chi connectivity index (χ3n) is 4.18. The van der Waals surface area contributed by atoms with E-state index in [-0.39, 0.29) is 12.4 Å². The van der Waals surface area contributed by atoms with Crippen molar-refractivity contribution in [2.45, 2.75) is 13.8 Å². The molecule has 0 bridgehead atoms. The lowest BCUT2D eigenvalue weighted by Crippen LogP contribution is -2.05. The molecule has 0 unspecified atom stereocenters. The van der Waals surface area contributed by atoms with E-state index < -0.39 is 5.97 Å². The molecule has 1 aliphatic heterocycles. The molecule has 0 radical (unpaired) electrons. The molecule has 1 aromatic heterocycles. The topological polar surface area (TPSA) is 80.7 Å². The molecule has 0 spiro atoms. The monoisotopic (exact) mass is 336 g/mol. The first-order chi connectivity index (χ1) is 12.0. The maximum absolute atomic E-state index is 11.7. The average Bonchev–Trinajstić information content (AvgIpc) is 3.01. The quantitative estimate of drug-likeness (QED) is 0.752. The summed E-state index contributed by atoms with van der Waals surface area (Å²) in [5.41, 5.74) is 4.17. The minimum absolute atomic E-state index is 0.122. The number of aromatic carboxylic acids is 1. The van der Waals surface area contributed by atoms with E-state index >= 15 is 0 Å². The van der Waals surface area contributed by atoms with Crippen LogP contribution in [0.2, 0.25) is 0 Å². The second-order valence-electron chi connectivity index (χ2n) is 6.02. The fourth-order valence-corrected chi connectivity index (χ4v) is 3.12. The Kier molecular flexibility index (Phi) is 3.46. The van der Waals surface area contributed by atoms with Crippen LogP contribution in [0.25, 0.3) is 10.9 Å². The van der Waals surface area contributed by atoms with Crippen LogP contribution in [0.3, 0.4) is 0 Å². The number of rotatable bonds is 3. The van der Waals surface area contributed by atoms with Crippen molar-refractivity contribution in [1.29, 1.82) is 0 Å². The van der Waals surface area contributed by atoms with Gasteiger partial charge in [0, 0.05) is 23.3 Å². The largest absolute Gasteiger partial charge is 0.478 e. The lowest BCUT2D eigenvalue weighted by molar-refractivity contribution is 0.0697. The van der Waals surface area contributed by atoms with Crippen molar-refractivity contribution in [3.05, 3.63) is 53.2 Å². The lowest BCUT2D eigenvalue weighted by Gasteiger charge is -2.15. The Balaban J connectivity index is 1.89. The van der Waals surface area contributed by atoms with Gasteiger partial charge in [-0.1, -0.05) is 6.07 Å². The third kappa shape index (κ3) is 2.61. The summed E-state index contributed by atoms with van der Waals surface area (Å²) in [5, 5.41) is 13.6. The number of benzene rings is 2. The van der Waals surface area contributed by atoms with Gasteiger partial charge in [-0.05, 0) is 43.2 Å². The van der Waals surface area contributed by atoms with Crippen LogP contribution in [0, 0.1) is 13.8 Å². The highest BCUT2D eigenvalue weighted by Crippen LogP contribution is 2.37. The first-order valence-corrected chi connectivity index (χ1v) is 7.83. The fraction of sp³-hybridized carbons (Fsp3) is 0.158. The first kappa shape index (κ1) is 15.3. The van der Waals surface area contributed by atoms with Gasteiger partial charge >= 0.3 is 5.97 Å². The Morgan fingerprint density at radius 1 is 1.16 bits per heavy atom. The van der Waals surface area contributed by atoms with Gasteiger partial charge < -0.3 is 19.9 Å². The van der Waals surface area contributed by atoms with Crippen LogP contribution in [0.5, 0.6) is 11.5 Å². The van der Waals surface area contributed by atoms with Crippen molar-refractivity contribution in [3.8, 4) is 11.5 Å². The Hall–Kier alpha value is -3.28. The zero-order valence-corrected chi connectivity index (χ0v) is 13.8. The Morgan fingerprint density at radius 2 is 1.96 bits per heavy atom. The molecule has 4 rings (SSSR count). The predicted molar refractivity (Wildman–Crippen MR) is 94.0 cm³/mol. The Bertz CT molecular complexity index is 1010. The number of anilines is 2. The van der Waals surface area contributed by atoms with Gasteiger partial charge in [0.05, 0.1) is 11.2 Å². The molecule has 0 saturated heterocycles. The lowest BCUT2D eigenvalue weighted by atomic mass is 10.0. The van der Waals surface area contributed by atoms with Crippen molar-refractivity contribution < 1.29 is 19.4 Å². The average molecular weight is 336 g/mol. The second kappa shape index (κ2) is 5.66. The van der Waals surface area contributed by atoms with Gasteiger partial charge in [-0.15, -0.1) is 0 Å². The zero-order valence-electron chi connectivity index (χ0n) is 13.8. The van der Waals surface area contributed by atoms with Gasteiger partial charge in [0.25, 0.3) is 0 Å². The normalized spacial score (nSPS) is 12.4. The van der Waals surface area contributed by atoms with Crippen LogP contribution in [0.1, 0.15) is 21.5 Å². The molecule has 6 heteroatoms. The molecule has 2 N–H and O–H groups in total. The summed E-state index contributed by atoms with van der Waals surface area (Å²) in [4.78, 5) is 16.0. The first-order valence-electron chi connectivity index (χ1n) is 7.83. The standard InChI is InChI=1S/C19H16N2O4/c1-10-5-11(2)17-14(6-10)20-8-13(19(22)23)18(17)21-12-3-4-15-16(7-12)25-9-24-15/h3-8H,9H2,1-2H3,(H,20,21)(H,22,23). The van der Waals surface area contributed by atoms with Gasteiger partial charge in [0.2, 0.25) is 6.79 Å². The minimum atomic E-state index is -1.03. The highest BCUT2D eigenvalue weighted by molar-refractivity contribution is 6.06. The summed E-state index contributed by atoms with van der Waals surface area (Å²) >= 11 is 0. The van der Waals surface area contributed by atoms with E-state index in [9.17, 15) is 9.90 Å². The number of carboxylic acids is 1. The predicted octanol–water partition coefficient (Wildman–Crippen LogP) is 4.02. The Morgan fingerprint density at radius 3 is 2.76 bits per heavy atom. The van der Waals surface area contributed by atoms with Crippen molar-refractivity contribution in [2.24, 2.45) is 0 Å². The molecule has 6 nitrogen and oxygen atoms in total. The summed E-state index contributed by atoms with van der Waals surface area (Å²) in [6, 6.07) is 9.38. The van der Waals surface area contributed by atoms with Gasteiger partial charge in [0.1, 0.15) is 5.56 Å². The van der Waals surface area contributed by atoms with Crippen molar-refractivity contribution in [1.82, 2.24) is 4.98 Å². The molecule has 0 fully saturated rings. The van der Waals surface area contributed by atoms with E-state index in [2.05, 4.69) is 10.3 Å². The smallest absolute Gasteiger partial charge is 0.339 e. The molecule has 126 valence electrons. The van der Waals surface area contributed by atoms with E-state index in [1.165, 1.54) is 6.20 Å². The number of ether oxygens (including phenoxy) is 2. The number of hydrogen-bond donors (Lipinski definition) is 2. The number of fused-ring (bicyclic) bond motifs is 2. The SMILES string of the molecule is Cc1cc(C)c2c(Nc3ccc4c(c3)OCO4)c(C(=O)O)cnc2c1. The third-order valence-corrected chi connectivity index (χ3v) is 4.18. The molecule has 2 heterocycles. The summed E-state index contributed by atoms with van der Waals surface area (Å²) in [7, 11) is 0. The molecular weight excluding hydrogens is 320 g/mol. The van der Waals surface area contributed by atoms with Crippen LogP contribution in [0.4, 0.5) is 11.4 Å². The second-order valence-corrected chi connectivity index (χ2v) is 6.02. The molecule has 0 amide bonds. The highest BCUT2D eigenvalue weighted by atomic mass is 16.7. The zero-order chi connectivity index (χ0) is 17.6. The number of carbonyl (C=O) groups is 1. The van der Waals surface area contributed by atoms with Gasteiger partial charge in [0.15, 0.2) is 11.5 Å². The van der Waals surface area contributed by atoms with Crippen molar-refractivity contribution >= 4 is 28.2 Å². The van der Waals surface area contributed by atoms with E-state index in [1.54, 1.807) is 12.1 Å². The molecule has 0 atom stereocenters. The summed E-state index contributed by atoms with van der Waals surface area (Å²) in [6.45, 7) is 4.13. The number of pyridine rings is 1. The van der Waals surface area contributed by atoms with E-state index in [0.717, 1.165) is 27.7 Å². The van der Waals surface area contributed by atoms with Crippen LogP contribution in [-0.4, -0.2) is 22.9 Å². The molecule has 1 aliphatic rings. The fourth-order valence-electron chi connectivity index (χ4n) is 3.12. The van der Waals surface area contributed by atoms with Gasteiger partial charge in [-0.25, -0.2) is 4.79 Å². The number of nitrogens with zero attached hydrogens (tertiary/aromatic N) is 1. The number of carboxylic acid groups (broad SMARTS) is 1. The van der Waals surface area contributed by atoms with Crippen molar-refractivity contribution in [3.63, 3.8) is 0 Å². The molecular formula is C19H16N2O4. The van der Waals surface area contributed by atoms with E-state index in [1.807, 2.05) is 32.0 Å². The summed E-state index contributed by atoms with van der Waals surface area (Å²) in [6.07, 6.45) is 1.39. The Labute approximate surface area is 144 Å². The summed E-state index contributed by atoms with van der Waals surface area (Å²) < 4.78 is 10.7. The molecule has 25 heavy (non-hydrogen) atoms. The maximum Gasteiger partial charge on any atom is 0.339 e. The number of nitrogens with one attached hydrogen (secondary N) is 1. The molecule has 0 saturated carbocycles. The van der Waals surface area contributed by atoms with E-state index in [0.29, 0.717) is 17.2 Å². The molecule has 0 aliphatic carbocycles. The van der Waals surface area contributed by atoms with Gasteiger partial charge in [-0.3, -0.25) is 4.98 Å². The van der Waals surface area contributed by atoms with Crippen LogP contribution in [0.15, 0.2) is 36.5 Å². The summed E-state index contributed by atoms with van der Waals surface area (Å²) in [5.74, 6) is 0.279. The van der Waals surface area contributed by atoms with Gasteiger partial charge in [-0.2, -0.15) is 0 Å². The number of hydrogen-bond acceptors (Lipinski definition) is 5.